The molecule has 0 aliphatic heterocycles. The summed E-state index contributed by atoms with van der Waals surface area (Å²) in [6.45, 7) is 7.31. The van der Waals surface area contributed by atoms with Crippen LogP contribution in [-0.4, -0.2) is 25.3 Å². The molecule has 0 aromatic carbocycles. The number of nitrogens with one attached hydrogen (secondary N) is 1. The van der Waals surface area contributed by atoms with Crippen molar-refractivity contribution < 1.29 is 4.74 Å². The molecule has 0 fully saturated rings. The zero-order chi connectivity index (χ0) is 8.69. The predicted octanol–water partition coefficient (Wildman–Crippen LogP) is 0.913. The highest BCUT2D eigenvalue weighted by Crippen LogP contribution is 1.85. The van der Waals surface area contributed by atoms with Crippen molar-refractivity contribution in [1.82, 2.24) is 5.32 Å². The van der Waals surface area contributed by atoms with Gasteiger partial charge in [0, 0.05) is 12.6 Å². The van der Waals surface area contributed by atoms with Gasteiger partial charge in [0.2, 0.25) is 0 Å². The van der Waals surface area contributed by atoms with Crippen molar-refractivity contribution in [2.45, 2.75) is 32.9 Å². The highest BCUT2D eigenvalue weighted by molar-refractivity contribution is 4.78. The number of hydrogen-bond acceptors (Lipinski definition) is 3. The molecule has 0 aromatic heterocycles. The Morgan fingerprint density at radius 2 is 2.09 bits per heavy atom. The summed E-state index contributed by atoms with van der Waals surface area (Å²) in [5.41, 5.74) is 0. The summed E-state index contributed by atoms with van der Waals surface area (Å²) in [6, 6.07) is 2.49. The second-order valence-electron chi connectivity index (χ2n) is 2.75. The summed E-state index contributed by atoms with van der Waals surface area (Å²) in [7, 11) is 0. The van der Waals surface area contributed by atoms with Crippen LogP contribution in [0.25, 0.3) is 0 Å². The van der Waals surface area contributed by atoms with Gasteiger partial charge in [0.05, 0.1) is 12.7 Å². The van der Waals surface area contributed by atoms with Crippen LogP contribution >= 0.6 is 0 Å². The molecule has 64 valence electrons. The van der Waals surface area contributed by atoms with Gasteiger partial charge in [-0.2, -0.15) is 5.26 Å². The van der Waals surface area contributed by atoms with E-state index >= 15 is 0 Å². The van der Waals surface area contributed by atoms with Crippen LogP contribution in [0, 0.1) is 11.3 Å². The number of rotatable bonds is 5. The van der Waals surface area contributed by atoms with Gasteiger partial charge in [-0.25, -0.2) is 0 Å². The average molecular weight is 156 g/mol. The lowest BCUT2D eigenvalue weighted by atomic mass is 10.4. The Bertz CT molecular complexity index is 129. The van der Waals surface area contributed by atoms with Gasteiger partial charge >= 0.3 is 0 Å². The minimum atomic E-state index is -0.288. The largest absolute Gasteiger partial charge is 0.362 e. The number of hydrogen-bond donors (Lipinski definition) is 1. The van der Waals surface area contributed by atoms with E-state index in [-0.39, 0.29) is 6.10 Å². The number of nitriles is 1. The molecule has 1 atom stereocenters. The predicted molar refractivity (Wildman–Crippen MR) is 44.2 cm³/mol. The molecule has 0 rings (SSSR count). The fourth-order valence-electron chi connectivity index (χ4n) is 0.621. The zero-order valence-corrected chi connectivity index (χ0v) is 7.42. The molecule has 11 heavy (non-hydrogen) atoms. The van der Waals surface area contributed by atoms with Gasteiger partial charge in [-0.1, -0.05) is 13.8 Å². The lowest BCUT2D eigenvalue weighted by molar-refractivity contribution is 0.103. The summed E-state index contributed by atoms with van der Waals surface area (Å²) in [4.78, 5) is 0. The maximum Gasteiger partial charge on any atom is 0.141 e. The van der Waals surface area contributed by atoms with Crippen LogP contribution in [0.4, 0.5) is 0 Å². The van der Waals surface area contributed by atoms with Gasteiger partial charge in [-0.15, -0.1) is 0 Å². The molecule has 0 radical (unpaired) electrons. The van der Waals surface area contributed by atoms with E-state index in [1.54, 1.807) is 6.92 Å². The van der Waals surface area contributed by atoms with E-state index in [9.17, 15) is 0 Å². The van der Waals surface area contributed by atoms with Crippen LogP contribution < -0.4 is 5.32 Å². The first-order chi connectivity index (χ1) is 5.16. The molecular weight excluding hydrogens is 140 g/mol. The molecule has 0 saturated carbocycles. The first-order valence-electron chi connectivity index (χ1n) is 3.91. The van der Waals surface area contributed by atoms with Crippen LogP contribution in [0.15, 0.2) is 0 Å². The van der Waals surface area contributed by atoms with Gasteiger partial charge in [0.1, 0.15) is 6.10 Å². The van der Waals surface area contributed by atoms with E-state index in [1.165, 1.54) is 0 Å². The van der Waals surface area contributed by atoms with Crippen molar-refractivity contribution >= 4 is 0 Å². The van der Waals surface area contributed by atoms with Crippen molar-refractivity contribution in [2.24, 2.45) is 0 Å². The zero-order valence-electron chi connectivity index (χ0n) is 7.42. The standard InChI is InChI=1S/C8H16N2O/c1-7(2)10-4-5-11-8(3)6-9/h7-8,10H,4-5H2,1-3H3. The third-order valence-electron chi connectivity index (χ3n) is 1.20. The molecular formula is C8H16N2O. The molecule has 0 bridgehead atoms. The summed E-state index contributed by atoms with van der Waals surface area (Å²) in [5.74, 6) is 0. The van der Waals surface area contributed by atoms with E-state index in [4.69, 9.17) is 10.00 Å². The molecule has 0 spiro atoms. The van der Waals surface area contributed by atoms with Gasteiger partial charge in [-0.05, 0) is 6.92 Å². The van der Waals surface area contributed by atoms with Crippen LogP contribution in [-0.2, 0) is 4.74 Å². The molecule has 1 unspecified atom stereocenters. The quantitative estimate of drug-likeness (QED) is 0.602. The smallest absolute Gasteiger partial charge is 0.141 e. The lowest BCUT2D eigenvalue weighted by Crippen LogP contribution is -2.27. The maximum atomic E-state index is 8.35. The minimum absolute atomic E-state index is 0.288. The van der Waals surface area contributed by atoms with Crippen molar-refractivity contribution in [2.75, 3.05) is 13.2 Å². The molecule has 3 nitrogen and oxygen atoms in total. The van der Waals surface area contributed by atoms with Gasteiger partial charge in [0.25, 0.3) is 0 Å². The summed E-state index contributed by atoms with van der Waals surface area (Å²) < 4.78 is 5.12. The summed E-state index contributed by atoms with van der Waals surface area (Å²) in [6.07, 6.45) is -0.288. The third-order valence-corrected chi connectivity index (χ3v) is 1.20. The van der Waals surface area contributed by atoms with Crippen molar-refractivity contribution in [3.63, 3.8) is 0 Å². The van der Waals surface area contributed by atoms with Crippen LogP contribution in [0.2, 0.25) is 0 Å². The Balaban J connectivity index is 3.10. The monoisotopic (exact) mass is 156 g/mol. The second-order valence-corrected chi connectivity index (χ2v) is 2.75. The Labute approximate surface area is 68.3 Å². The summed E-state index contributed by atoms with van der Waals surface area (Å²) in [5, 5.41) is 11.5. The van der Waals surface area contributed by atoms with E-state index in [2.05, 4.69) is 19.2 Å². The van der Waals surface area contributed by atoms with E-state index in [0.29, 0.717) is 12.6 Å². The Kier molecular flexibility index (Phi) is 5.81. The van der Waals surface area contributed by atoms with Crippen molar-refractivity contribution in [1.29, 1.82) is 5.26 Å². The van der Waals surface area contributed by atoms with E-state index < -0.39 is 0 Å². The van der Waals surface area contributed by atoms with E-state index in [0.717, 1.165) is 6.54 Å². The Morgan fingerprint density at radius 1 is 1.45 bits per heavy atom. The summed E-state index contributed by atoms with van der Waals surface area (Å²) >= 11 is 0. The first-order valence-corrected chi connectivity index (χ1v) is 3.91. The van der Waals surface area contributed by atoms with Gasteiger partial charge in [0.15, 0.2) is 0 Å². The van der Waals surface area contributed by atoms with Crippen LogP contribution in [0.3, 0.4) is 0 Å². The first kappa shape index (κ1) is 10.4. The maximum absolute atomic E-state index is 8.35. The SMILES string of the molecule is CC(C)NCCOC(C)C#N. The topological polar surface area (TPSA) is 45.0 Å². The Hall–Kier alpha value is -0.590. The highest BCUT2D eigenvalue weighted by atomic mass is 16.5. The highest BCUT2D eigenvalue weighted by Gasteiger charge is 1.97. The second kappa shape index (κ2) is 6.14. The lowest BCUT2D eigenvalue weighted by Gasteiger charge is -2.08. The molecule has 0 saturated heterocycles. The number of nitrogens with zero attached hydrogens (tertiary/aromatic N) is 1. The molecule has 3 heteroatoms. The molecule has 0 aromatic rings. The fraction of sp³-hybridized carbons (Fsp3) is 0.875. The molecule has 0 heterocycles. The van der Waals surface area contributed by atoms with Crippen molar-refractivity contribution in [3.8, 4) is 6.07 Å². The minimum Gasteiger partial charge on any atom is -0.362 e. The third kappa shape index (κ3) is 7.31. The number of ether oxygens (including phenoxy) is 1. The Morgan fingerprint density at radius 3 is 2.55 bits per heavy atom. The van der Waals surface area contributed by atoms with Crippen LogP contribution in [0.5, 0.6) is 0 Å². The normalized spacial score (nSPS) is 13.0. The van der Waals surface area contributed by atoms with Crippen LogP contribution in [0.1, 0.15) is 20.8 Å². The molecule has 0 aliphatic carbocycles. The van der Waals surface area contributed by atoms with Gasteiger partial charge in [-0.3, -0.25) is 0 Å². The molecule has 0 aliphatic rings. The average Bonchev–Trinajstić information content (AvgIpc) is 1.97. The molecule has 1 N–H and O–H groups in total. The van der Waals surface area contributed by atoms with Gasteiger partial charge < -0.3 is 10.1 Å². The fourth-order valence-corrected chi connectivity index (χ4v) is 0.621. The van der Waals surface area contributed by atoms with Crippen molar-refractivity contribution in [3.05, 3.63) is 0 Å². The van der Waals surface area contributed by atoms with E-state index in [1.807, 2.05) is 6.07 Å². The molecule has 0 amide bonds.